The lowest BCUT2D eigenvalue weighted by atomic mass is 10.1. The molecule has 0 unspecified atom stereocenters. The first-order chi connectivity index (χ1) is 7.34. The largest absolute Gasteiger partial charge is 0.393 e. The van der Waals surface area contributed by atoms with Crippen LogP contribution in [0.2, 0.25) is 0 Å². The number of nitrogens with two attached hydrogens (primary N) is 1. The Hall–Kier alpha value is -1.17. The first-order valence-corrected chi connectivity index (χ1v) is 5.68. The lowest BCUT2D eigenvalue weighted by Gasteiger charge is -2.15. The van der Waals surface area contributed by atoms with Crippen molar-refractivity contribution in [2.24, 2.45) is 5.73 Å². The van der Waals surface area contributed by atoms with Gasteiger partial charge in [-0.3, -0.25) is 9.69 Å². The Bertz CT molecular complexity index is 328. The van der Waals surface area contributed by atoms with E-state index in [9.17, 15) is 9.59 Å². The maximum absolute atomic E-state index is 11.8. The Morgan fingerprint density at radius 1 is 1.44 bits per heavy atom. The van der Waals surface area contributed by atoms with Crippen molar-refractivity contribution >= 4 is 29.1 Å². The number of rotatable bonds is 5. The van der Waals surface area contributed by atoms with E-state index in [0.29, 0.717) is 18.0 Å². The molecule has 0 aromatic rings. The number of urea groups is 1. The molecular formula is C10H17N3O2S. The zero-order valence-corrected chi connectivity index (χ0v) is 10.4. The number of amides is 3. The lowest BCUT2D eigenvalue weighted by Crippen LogP contribution is -2.40. The van der Waals surface area contributed by atoms with E-state index in [1.807, 2.05) is 0 Å². The smallest absolute Gasteiger partial charge is 0.325 e. The van der Waals surface area contributed by atoms with Crippen LogP contribution in [0.4, 0.5) is 4.79 Å². The van der Waals surface area contributed by atoms with Gasteiger partial charge in [0.15, 0.2) is 0 Å². The van der Waals surface area contributed by atoms with Crippen LogP contribution in [0.15, 0.2) is 0 Å². The van der Waals surface area contributed by atoms with E-state index >= 15 is 0 Å². The number of carbonyl (C=O) groups excluding carboxylic acids is 2. The fraction of sp³-hybridized carbons (Fsp3) is 0.700. The van der Waals surface area contributed by atoms with E-state index in [1.54, 1.807) is 13.8 Å². The molecule has 0 bridgehead atoms. The van der Waals surface area contributed by atoms with Crippen molar-refractivity contribution < 1.29 is 9.59 Å². The Labute approximate surface area is 100 Å². The standard InChI is InChI=1S/C10H17N3O2S/c1-10(2)8(14)13(9(15)12-10)6-4-3-5-7(11)16/h3-6H2,1-2H3,(H2,11,16)(H,12,15). The van der Waals surface area contributed by atoms with Crippen LogP contribution in [0, 0.1) is 0 Å². The van der Waals surface area contributed by atoms with Crippen molar-refractivity contribution in [1.82, 2.24) is 10.2 Å². The molecule has 90 valence electrons. The number of unbranched alkanes of at least 4 members (excludes halogenated alkanes) is 1. The van der Waals surface area contributed by atoms with Gasteiger partial charge in [0, 0.05) is 6.54 Å². The summed E-state index contributed by atoms with van der Waals surface area (Å²) in [5, 5.41) is 2.63. The van der Waals surface area contributed by atoms with Crippen LogP contribution >= 0.6 is 12.2 Å². The predicted octanol–water partition coefficient (Wildman–Crippen LogP) is 0.773. The second kappa shape index (κ2) is 4.78. The fourth-order valence-electron chi connectivity index (χ4n) is 1.59. The average molecular weight is 243 g/mol. The molecule has 0 radical (unpaired) electrons. The molecular weight excluding hydrogens is 226 g/mol. The van der Waals surface area contributed by atoms with E-state index < -0.39 is 5.54 Å². The topological polar surface area (TPSA) is 75.4 Å². The predicted molar refractivity (Wildman–Crippen MR) is 65.0 cm³/mol. The molecule has 1 heterocycles. The van der Waals surface area contributed by atoms with Crippen LogP contribution in [-0.4, -0.2) is 33.9 Å². The summed E-state index contributed by atoms with van der Waals surface area (Å²) in [7, 11) is 0. The lowest BCUT2D eigenvalue weighted by molar-refractivity contribution is -0.130. The molecule has 0 saturated carbocycles. The Morgan fingerprint density at radius 2 is 2.06 bits per heavy atom. The van der Waals surface area contributed by atoms with Gasteiger partial charge in [-0.25, -0.2) is 4.79 Å². The Balaban J connectivity index is 2.41. The summed E-state index contributed by atoms with van der Waals surface area (Å²) in [4.78, 5) is 24.9. The SMILES string of the molecule is CC1(C)NC(=O)N(CCCCC(N)=S)C1=O. The highest BCUT2D eigenvalue weighted by Crippen LogP contribution is 2.17. The van der Waals surface area contributed by atoms with E-state index in [2.05, 4.69) is 5.32 Å². The minimum atomic E-state index is -0.778. The van der Waals surface area contributed by atoms with E-state index in [-0.39, 0.29) is 11.9 Å². The molecule has 0 spiro atoms. The summed E-state index contributed by atoms with van der Waals surface area (Å²) in [6, 6.07) is -0.315. The Morgan fingerprint density at radius 3 is 2.50 bits per heavy atom. The Kier molecular flexibility index (Phi) is 3.85. The summed E-state index contributed by atoms with van der Waals surface area (Å²) >= 11 is 4.74. The second-order valence-corrected chi connectivity index (χ2v) is 4.96. The van der Waals surface area contributed by atoms with Gasteiger partial charge in [-0.1, -0.05) is 12.2 Å². The van der Waals surface area contributed by atoms with Gasteiger partial charge in [-0.05, 0) is 33.1 Å². The van der Waals surface area contributed by atoms with E-state index in [4.69, 9.17) is 18.0 Å². The summed E-state index contributed by atoms with van der Waals surface area (Å²) in [5.41, 5.74) is 4.58. The van der Waals surface area contributed by atoms with Gasteiger partial charge in [-0.2, -0.15) is 0 Å². The van der Waals surface area contributed by atoms with E-state index in [0.717, 1.165) is 12.8 Å². The van der Waals surface area contributed by atoms with Crippen LogP contribution in [0.3, 0.4) is 0 Å². The minimum absolute atomic E-state index is 0.173. The van der Waals surface area contributed by atoms with Crippen LogP contribution in [0.5, 0.6) is 0 Å². The molecule has 3 N–H and O–H groups in total. The van der Waals surface area contributed by atoms with Crippen molar-refractivity contribution in [1.29, 1.82) is 0 Å². The van der Waals surface area contributed by atoms with Crippen LogP contribution in [-0.2, 0) is 4.79 Å². The van der Waals surface area contributed by atoms with Gasteiger partial charge in [0.1, 0.15) is 5.54 Å². The fourth-order valence-corrected chi connectivity index (χ4v) is 1.73. The molecule has 0 aromatic carbocycles. The molecule has 6 heteroatoms. The van der Waals surface area contributed by atoms with Gasteiger partial charge in [0.25, 0.3) is 5.91 Å². The first-order valence-electron chi connectivity index (χ1n) is 5.27. The van der Waals surface area contributed by atoms with Crippen LogP contribution in [0.25, 0.3) is 0 Å². The maximum Gasteiger partial charge on any atom is 0.325 e. The summed E-state index contributed by atoms with van der Waals surface area (Å²) in [6.07, 6.45) is 2.18. The number of thiocarbonyl (C=S) groups is 1. The highest BCUT2D eigenvalue weighted by molar-refractivity contribution is 7.80. The minimum Gasteiger partial charge on any atom is -0.393 e. The second-order valence-electron chi connectivity index (χ2n) is 4.44. The molecule has 3 amide bonds. The molecule has 16 heavy (non-hydrogen) atoms. The molecule has 5 nitrogen and oxygen atoms in total. The zero-order valence-electron chi connectivity index (χ0n) is 9.58. The molecule has 1 fully saturated rings. The number of carbonyl (C=O) groups is 2. The highest BCUT2D eigenvalue weighted by atomic mass is 32.1. The van der Waals surface area contributed by atoms with E-state index in [1.165, 1.54) is 4.90 Å². The monoisotopic (exact) mass is 243 g/mol. The summed E-state index contributed by atoms with van der Waals surface area (Å²) < 4.78 is 0. The zero-order chi connectivity index (χ0) is 12.3. The molecule has 1 rings (SSSR count). The molecule has 0 atom stereocenters. The number of hydrogen-bond acceptors (Lipinski definition) is 3. The van der Waals surface area contributed by atoms with Crippen LogP contribution < -0.4 is 11.1 Å². The number of imide groups is 1. The van der Waals surface area contributed by atoms with Gasteiger partial charge in [0.05, 0.1) is 4.99 Å². The average Bonchev–Trinajstić information content (AvgIpc) is 2.33. The van der Waals surface area contributed by atoms with Gasteiger partial charge < -0.3 is 11.1 Å². The van der Waals surface area contributed by atoms with Gasteiger partial charge >= 0.3 is 6.03 Å². The quantitative estimate of drug-likeness (QED) is 0.425. The van der Waals surface area contributed by atoms with Crippen LogP contribution in [0.1, 0.15) is 33.1 Å². The van der Waals surface area contributed by atoms with Crippen molar-refractivity contribution in [3.8, 4) is 0 Å². The third-order valence-corrected chi connectivity index (χ3v) is 2.70. The highest BCUT2D eigenvalue weighted by Gasteiger charge is 2.43. The van der Waals surface area contributed by atoms with Crippen molar-refractivity contribution in [2.45, 2.75) is 38.6 Å². The third-order valence-electron chi connectivity index (χ3n) is 2.50. The molecule has 1 aliphatic rings. The molecule has 1 saturated heterocycles. The number of hydrogen-bond donors (Lipinski definition) is 2. The van der Waals surface area contributed by atoms with Crippen molar-refractivity contribution in [3.63, 3.8) is 0 Å². The first kappa shape index (κ1) is 12.9. The van der Waals surface area contributed by atoms with Crippen molar-refractivity contribution in [3.05, 3.63) is 0 Å². The van der Waals surface area contributed by atoms with Crippen molar-refractivity contribution in [2.75, 3.05) is 6.54 Å². The summed E-state index contributed by atoms with van der Waals surface area (Å²) in [6.45, 7) is 3.82. The third kappa shape index (κ3) is 2.91. The summed E-state index contributed by atoms with van der Waals surface area (Å²) in [5.74, 6) is -0.173. The van der Waals surface area contributed by atoms with Gasteiger partial charge in [0.2, 0.25) is 0 Å². The van der Waals surface area contributed by atoms with Gasteiger partial charge in [-0.15, -0.1) is 0 Å². The molecule has 0 aromatic heterocycles. The number of nitrogens with zero attached hydrogens (tertiary/aromatic N) is 1. The molecule has 0 aliphatic carbocycles. The molecule has 1 aliphatic heterocycles. The maximum atomic E-state index is 11.8. The normalized spacial score (nSPS) is 18.8. The number of nitrogens with one attached hydrogen (secondary N) is 1.